The van der Waals surface area contributed by atoms with Gasteiger partial charge in [-0.15, -0.1) is 10.2 Å². The van der Waals surface area contributed by atoms with E-state index in [2.05, 4.69) is 20.8 Å². The first kappa shape index (κ1) is 17.7. The minimum atomic E-state index is -0.230. The maximum absolute atomic E-state index is 11.9. The highest BCUT2D eigenvalue weighted by Crippen LogP contribution is 2.30. The molecule has 124 valence electrons. The zero-order valence-corrected chi connectivity index (χ0v) is 15.0. The van der Waals surface area contributed by atoms with Crippen LogP contribution in [0.5, 0.6) is 0 Å². The van der Waals surface area contributed by atoms with Gasteiger partial charge in [-0.3, -0.25) is 4.79 Å². The van der Waals surface area contributed by atoms with E-state index in [9.17, 15) is 4.79 Å². The summed E-state index contributed by atoms with van der Waals surface area (Å²) in [5, 5.41) is 14.8. The van der Waals surface area contributed by atoms with Crippen LogP contribution in [0.25, 0.3) is 0 Å². The normalized spacial score (nSPS) is 12.0. The van der Waals surface area contributed by atoms with Gasteiger partial charge >= 0.3 is 0 Å². The van der Waals surface area contributed by atoms with Crippen molar-refractivity contribution in [3.63, 3.8) is 0 Å². The molecule has 0 saturated heterocycles. The van der Waals surface area contributed by atoms with Gasteiger partial charge in [0.05, 0.1) is 11.9 Å². The maximum Gasteiger partial charge on any atom is 0.233 e. The molecule has 0 fully saturated rings. The number of anilines is 2. The van der Waals surface area contributed by atoms with Crippen LogP contribution in [0.15, 0.2) is 28.6 Å². The molecule has 0 radical (unpaired) electrons. The summed E-state index contributed by atoms with van der Waals surface area (Å²) < 4.78 is 5.67. The molecule has 8 heteroatoms. The third-order valence-electron chi connectivity index (χ3n) is 2.93. The summed E-state index contributed by atoms with van der Waals surface area (Å²) >= 11 is 2.83. The number of carbonyl (C=O) groups excluding carboxylic acids is 1. The Balaban J connectivity index is 1.88. The summed E-state index contributed by atoms with van der Waals surface area (Å²) in [6, 6.07) is 8.05. The van der Waals surface area contributed by atoms with Gasteiger partial charge < -0.3 is 15.4 Å². The molecule has 23 heavy (non-hydrogen) atoms. The van der Waals surface area contributed by atoms with Gasteiger partial charge in [0.2, 0.25) is 11.0 Å². The molecule has 0 aliphatic carbocycles. The molecule has 6 nitrogen and oxygen atoms in total. The van der Waals surface area contributed by atoms with Crippen molar-refractivity contribution < 1.29 is 9.53 Å². The molecule has 0 aliphatic rings. The van der Waals surface area contributed by atoms with Crippen molar-refractivity contribution in [2.24, 2.45) is 0 Å². The van der Waals surface area contributed by atoms with Crippen LogP contribution in [0.3, 0.4) is 0 Å². The molecule has 2 aromatic rings. The Morgan fingerprint density at radius 1 is 1.43 bits per heavy atom. The molecular weight excluding hydrogens is 332 g/mol. The van der Waals surface area contributed by atoms with Crippen molar-refractivity contribution in [3.05, 3.63) is 29.8 Å². The van der Waals surface area contributed by atoms with Crippen LogP contribution in [0.2, 0.25) is 0 Å². The molecule has 2 rings (SSSR count). The number of nitrogens with one attached hydrogen (secondary N) is 2. The van der Waals surface area contributed by atoms with Gasteiger partial charge in [0, 0.05) is 19.3 Å². The first-order valence-electron chi connectivity index (χ1n) is 7.19. The Labute approximate surface area is 144 Å². The fraction of sp³-hybridized carbons (Fsp3) is 0.400. The average molecular weight is 352 g/mol. The second-order valence-corrected chi connectivity index (χ2v) is 7.48. The maximum atomic E-state index is 11.9. The van der Waals surface area contributed by atoms with E-state index in [0.29, 0.717) is 18.3 Å². The molecule has 0 bridgehead atoms. The smallest absolute Gasteiger partial charge is 0.233 e. The van der Waals surface area contributed by atoms with Crippen molar-refractivity contribution in [3.8, 4) is 0 Å². The highest BCUT2D eigenvalue weighted by Gasteiger charge is 2.16. The minimum absolute atomic E-state index is 0.0320. The van der Waals surface area contributed by atoms with Crippen LogP contribution in [0, 0.1) is 6.92 Å². The van der Waals surface area contributed by atoms with E-state index in [-0.39, 0.29) is 11.2 Å². The van der Waals surface area contributed by atoms with Crippen molar-refractivity contribution in [1.29, 1.82) is 0 Å². The van der Waals surface area contributed by atoms with Crippen molar-refractivity contribution in [2.75, 3.05) is 25.6 Å². The molecule has 0 unspecified atom stereocenters. The van der Waals surface area contributed by atoms with Gasteiger partial charge in [-0.25, -0.2) is 0 Å². The van der Waals surface area contributed by atoms with Crippen LogP contribution in [-0.4, -0.2) is 41.6 Å². The second kappa shape index (κ2) is 8.85. The Bertz CT molecular complexity index is 648. The van der Waals surface area contributed by atoms with Crippen molar-refractivity contribution >= 4 is 39.8 Å². The predicted molar refractivity (Wildman–Crippen MR) is 94.6 cm³/mol. The standard InChI is InChI=1S/C15H20N4O2S2/c1-10-5-4-6-12(9-10)17-14-18-19-15(23-14)22-11(2)13(20)16-7-8-21-3/h4-6,9,11H,7-8H2,1-3H3,(H,16,20)(H,17,18)/t11-/m0/s1. The first-order valence-corrected chi connectivity index (χ1v) is 8.88. The van der Waals surface area contributed by atoms with E-state index < -0.39 is 0 Å². The number of aryl methyl sites for hydroxylation is 1. The largest absolute Gasteiger partial charge is 0.383 e. The molecule has 1 atom stereocenters. The Morgan fingerprint density at radius 2 is 2.26 bits per heavy atom. The topological polar surface area (TPSA) is 76.1 Å². The molecular formula is C15H20N4O2S2. The first-order chi connectivity index (χ1) is 11.1. The molecule has 1 aromatic carbocycles. The third kappa shape index (κ3) is 5.81. The van der Waals surface area contributed by atoms with Crippen molar-refractivity contribution in [1.82, 2.24) is 15.5 Å². The van der Waals surface area contributed by atoms with Crippen LogP contribution in [0.4, 0.5) is 10.8 Å². The van der Waals surface area contributed by atoms with E-state index in [1.807, 2.05) is 38.1 Å². The lowest BCUT2D eigenvalue weighted by Gasteiger charge is -2.09. The highest BCUT2D eigenvalue weighted by molar-refractivity contribution is 8.02. The number of nitrogens with zero attached hydrogens (tertiary/aromatic N) is 2. The number of ether oxygens (including phenoxy) is 1. The Morgan fingerprint density at radius 3 is 3.00 bits per heavy atom. The lowest BCUT2D eigenvalue weighted by molar-refractivity contribution is -0.120. The fourth-order valence-electron chi connectivity index (χ4n) is 1.78. The van der Waals surface area contributed by atoms with Gasteiger partial charge in [0.15, 0.2) is 4.34 Å². The van der Waals surface area contributed by atoms with Gasteiger partial charge in [-0.05, 0) is 31.5 Å². The number of aromatic nitrogens is 2. The third-order valence-corrected chi connectivity index (χ3v) is 4.95. The number of rotatable bonds is 8. The van der Waals surface area contributed by atoms with E-state index in [4.69, 9.17) is 4.74 Å². The number of amides is 1. The number of thioether (sulfide) groups is 1. The molecule has 2 N–H and O–H groups in total. The van der Waals surface area contributed by atoms with Crippen LogP contribution in [-0.2, 0) is 9.53 Å². The number of hydrogen-bond acceptors (Lipinski definition) is 7. The van der Waals surface area contributed by atoms with E-state index in [0.717, 1.165) is 10.0 Å². The zero-order chi connectivity index (χ0) is 16.7. The van der Waals surface area contributed by atoms with E-state index in [1.165, 1.54) is 28.7 Å². The summed E-state index contributed by atoms with van der Waals surface area (Å²) in [4.78, 5) is 11.9. The summed E-state index contributed by atoms with van der Waals surface area (Å²) in [5.74, 6) is -0.0320. The van der Waals surface area contributed by atoms with Gasteiger partial charge in [0.1, 0.15) is 0 Å². The Hall–Kier alpha value is -1.64. The second-order valence-electron chi connectivity index (χ2n) is 4.91. The summed E-state index contributed by atoms with van der Waals surface area (Å²) in [6.45, 7) is 4.90. The van der Waals surface area contributed by atoms with E-state index >= 15 is 0 Å². The van der Waals surface area contributed by atoms with Gasteiger partial charge in [-0.2, -0.15) is 0 Å². The zero-order valence-electron chi connectivity index (χ0n) is 13.3. The number of carbonyl (C=O) groups is 1. The minimum Gasteiger partial charge on any atom is -0.383 e. The van der Waals surface area contributed by atoms with Crippen LogP contribution < -0.4 is 10.6 Å². The SMILES string of the molecule is COCCNC(=O)[C@H](C)Sc1nnc(Nc2cccc(C)c2)s1. The lowest BCUT2D eigenvalue weighted by Crippen LogP contribution is -2.33. The molecule has 0 aliphatic heterocycles. The van der Waals surface area contributed by atoms with Gasteiger partial charge in [-0.1, -0.05) is 35.2 Å². The van der Waals surface area contributed by atoms with Crippen LogP contribution in [0.1, 0.15) is 12.5 Å². The summed E-state index contributed by atoms with van der Waals surface area (Å²) in [7, 11) is 1.61. The van der Waals surface area contributed by atoms with Crippen LogP contribution >= 0.6 is 23.1 Å². The molecule has 1 heterocycles. The van der Waals surface area contributed by atoms with Crippen molar-refractivity contribution in [2.45, 2.75) is 23.4 Å². The molecule has 1 amide bonds. The molecule has 0 spiro atoms. The number of methoxy groups -OCH3 is 1. The fourth-order valence-corrected chi connectivity index (χ4v) is 3.72. The summed E-state index contributed by atoms with van der Waals surface area (Å²) in [6.07, 6.45) is 0. The predicted octanol–water partition coefficient (Wildman–Crippen LogP) is 2.83. The quantitative estimate of drug-likeness (QED) is 0.562. The lowest BCUT2D eigenvalue weighted by atomic mass is 10.2. The van der Waals surface area contributed by atoms with Gasteiger partial charge in [0.25, 0.3) is 0 Å². The highest BCUT2D eigenvalue weighted by atomic mass is 32.2. The molecule has 1 aromatic heterocycles. The summed E-state index contributed by atoms with van der Waals surface area (Å²) in [5.41, 5.74) is 2.15. The monoisotopic (exact) mass is 352 g/mol. The van der Waals surface area contributed by atoms with E-state index in [1.54, 1.807) is 7.11 Å². The number of hydrogen-bond donors (Lipinski definition) is 2. The molecule has 0 saturated carbocycles. The Kier molecular flexibility index (Phi) is 6.82. The average Bonchev–Trinajstić information content (AvgIpc) is 2.94. The number of benzene rings is 1.